The topological polar surface area (TPSA) is 281 Å². The standard InChI is InChI=1S/C33H54N8O8/c1-5-8-23(38-31(46)25(14-16-35)39-30(45)24(9-6-7-15-34)37-28(43)20(4)36)29(44)40-26(18-21-10-12-22(42)13-11-21)32(47)41-27(33(48)49)17-19(2)3/h5,10-13,19-20,23-27,42H,1,6-9,14-18,34-36H2,2-4H3,(H,37,43)(H,38,46)(H,39,45)(H,40,44)(H,41,47)(H,48,49)/t20-,23-,24-,25-,26-,27-/m0/s1. The van der Waals surface area contributed by atoms with Gasteiger partial charge in [-0.2, -0.15) is 0 Å². The van der Waals surface area contributed by atoms with E-state index in [9.17, 15) is 39.0 Å². The molecule has 0 spiro atoms. The van der Waals surface area contributed by atoms with E-state index in [2.05, 4.69) is 33.2 Å². The first-order valence-corrected chi connectivity index (χ1v) is 16.4. The van der Waals surface area contributed by atoms with Gasteiger partial charge in [0.2, 0.25) is 29.5 Å². The highest BCUT2D eigenvalue weighted by atomic mass is 16.4. The van der Waals surface area contributed by atoms with Crippen molar-refractivity contribution in [3.8, 4) is 5.75 Å². The highest BCUT2D eigenvalue weighted by Crippen LogP contribution is 2.13. The maximum atomic E-state index is 13.6. The summed E-state index contributed by atoms with van der Waals surface area (Å²) in [6, 6.07) is -0.894. The fourth-order valence-corrected chi connectivity index (χ4v) is 4.76. The van der Waals surface area contributed by atoms with Crippen molar-refractivity contribution < 1.29 is 39.0 Å². The predicted molar refractivity (Wildman–Crippen MR) is 184 cm³/mol. The lowest BCUT2D eigenvalue weighted by Gasteiger charge is -2.27. The van der Waals surface area contributed by atoms with Crippen LogP contribution in [-0.2, 0) is 35.2 Å². The van der Waals surface area contributed by atoms with Crippen LogP contribution < -0.4 is 43.8 Å². The van der Waals surface area contributed by atoms with Gasteiger partial charge in [-0.15, -0.1) is 6.58 Å². The van der Waals surface area contributed by atoms with Crippen LogP contribution in [0.1, 0.15) is 64.9 Å². The average molecular weight is 691 g/mol. The third-order valence-electron chi connectivity index (χ3n) is 7.45. The number of phenols is 1. The molecule has 0 radical (unpaired) electrons. The molecule has 1 aromatic rings. The van der Waals surface area contributed by atoms with Crippen molar-refractivity contribution in [2.24, 2.45) is 23.1 Å². The molecule has 1 rings (SSSR count). The third-order valence-corrected chi connectivity index (χ3v) is 7.45. The number of hydrogen-bond donors (Lipinski definition) is 10. The number of carboxylic acid groups (broad SMARTS) is 1. The van der Waals surface area contributed by atoms with E-state index < -0.39 is 71.8 Å². The van der Waals surface area contributed by atoms with Gasteiger partial charge in [0.1, 0.15) is 36.0 Å². The summed E-state index contributed by atoms with van der Waals surface area (Å²) in [5.74, 6) is -4.79. The number of hydrogen-bond acceptors (Lipinski definition) is 10. The Bertz CT molecular complexity index is 1260. The summed E-state index contributed by atoms with van der Waals surface area (Å²) < 4.78 is 0. The highest BCUT2D eigenvalue weighted by Gasteiger charge is 2.32. The van der Waals surface area contributed by atoms with Gasteiger partial charge in [-0.3, -0.25) is 24.0 Å². The number of carboxylic acids is 1. The minimum absolute atomic E-state index is 0.00326. The van der Waals surface area contributed by atoms with E-state index in [1.54, 1.807) is 26.0 Å². The third kappa shape index (κ3) is 15.9. The molecule has 16 heteroatoms. The molecular formula is C33H54N8O8. The first kappa shape index (κ1) is 42.5. The van der Waals surface area contributed by atoms with Gasteiger partial charge in [0.15, 0.2) is 0 Å². The minimum Gasteiger partial charge on any atom is -0.508 e. The van der Waals surface area contributed by atoms with Gasteiger partial charge in [0, 0.05) is 6.42 Å². The van der Waals surface area contributed by atoms with Gasteiger partial charge in [0.25, 0.3) is 0 Å². The molecule has 49 heavy (non-hydrogen) atoms. The number of aliphatic carboxylic acids is 1. The molecule has 0 aliphatic carbocycles. The quantitative estimate of drug-likeness (QED) is 0.0485. The van der Waals surface area contributed by atoms with E-state index in [4.69, 9.17) is 17.2 Å². The van der Waals surface area contributed by atoms with Crippen molar-refractivity contribution in [2.45, 2.75) is 102 Å². The number of aromatic hydroxyl groups is 1. The van der Waals surface area contributed by atoms with Gasteiger partial charge in [-0.05, 0) is 82.2 Å². The molecule has 0 fully saturated rings. The Morgan fingerprint density at radius 2 is 1.20 bits per heavy atom. The van der Waals surface area contributed by atoms with Gasteiger partial charge in [-0.1, -0.05) is 32.1 Å². The molecule has 0 aliphatic heterocycles. The molecule has 0 aliphatic rings. The molecule has 6 atom stereocenters. The SMILES string of the molecule is C=CC[C@H](NC(=O)[C@H](CCN)NC(=O)[C@H](CCCCN)NC(=O)[C@H](C)N)C(=O)N[C@@H](Cc1ccc(O)cc1)C(=O)N[C@@H](CC(C)C)C(=O)O. The smallest absolute Gasteiger partial charge is 0.326 e. The molecule has 1 aromatic carbocycles. The average Bonchev–Trinajstić information content (AvgIpc) is 3.03. The number of phenolic OH excluding ortho intramolecular Hbond substituents is 1. The summed E-state index contributed by atoms with van der Waals surface area (Å²) in [5, 5.41) is 32.2. The van der Waals surface area contributed by atoms with Crippen LogP contribution in [0.15, 0.2) is 36.9 Å². The van der Waals surface area contributed by atoms with Crippen molar-refractivity contribution in [3.05, 3.63) is 42.5 Å². The second-order valence-corrected chi connectivity index (χ2v) is 12.3. The van der Waals surface area contributed by atoms with Crippen LogP contribution in [0.2, 0.25) is 0 Å². The van der Waals surface area contributed by atoms with Crippen molar-refractivity contribution in [2.75, 3.05) is 13.1 Å². The monoisotopic (exact) mass is 690 g/mol. The second-order valence-electron chi connectivity index (χ2n) is 12.3. The Morgan fingerprint density at radius 1 is 0.714 bits per heavy atom. The van der Waals surface area contributed by atoms with Gasteiger partial charge >= 0.3 is 5.97 Å². The summed E-state index contributed by atoms with van der Waals surface area (Å²) in [4.78, 5) is 77.8. The molecule has 0 saturated heterocycles. The van der Waals surface area contributed by atoms with Crippen molar-refractivity contribution in [1.29, 1.82) is 0 Å². The maximum absolute atomic E-state index is 13.6. The van der Waals surface area contributed by atoms with Crippen molar-refractivity contribution in [3.63, 3.8) is 0 Å². The summed E-state index contributed by atoms with van der Waals surface area (Å²) >= 11 is 0. The number of unbranched alkanes of at least 4 members (excludes halogenated alkanes) is 1. The Labute approximate surface area is 287 Å². The maximum Gasteiger partial charge on any atom is 0.326 e. The van der Waals surface area contributed by atoms with Gasteiger partial charge < -0.3 is 54.0 Å². The Balaban J connectivity index is 3.22. The lowest BCUT2D eigenvalue weighted by atomic mass is 10.0. The van der Waals surface area contributed by atoms with Crippen LogP contribution in [0.4, 0.5) is 0 Å². The molecular weight excluding hydrogens is 636 g/mol. The largest absolute Gasteiger partial charge is 0.508 e. The normalized spacial score (nSPS) is 14.7. The van der Waals surface area contributed by atoms with Gasteiger partial charge in [-0.25, -0.2) is 4.79 Å². The predicted octanol–water partition coefficient (Wildman–Crippen LogP) is -1.11. The molecule has 0 heterocycles. The molecule has 0 unspecified atom stereocenters. The van der Waals surface area contributed by atoms with Crippen LogP contribution in [0.3, 0.4) is 0 Å². The molecule has 0 aromatic heterocycles. The first-order chi connectivity index (χ1) is 23.1. The lowest BCUT2D eigenvalue weighted by molar-refractivity contribution is -0.142. The van der Waals surface area contributed by atoms with E-state index in [1.807, 2.05) is 0 Å². The Kier molecular flexibility index (Phi) is 19.2. The summed E-state index contributed by atoms with van der Waals surface area (Å²) in [6.07, 6.45) is 2.76. The van der Waals surface area contributed by atoms with Crippen molar-refractivity contribution >= 4 is 35.5 Å². The van der Waals surface area contributed by atoms with Crippen LogP contribution in [0.5, 0.6) is 5.75 Å². The van der Waals surface area contributed by atoms with E-state index >= 15 is 0 Å². The number of carbonyl (C=O) groups excluding carboxylic acids is 5. The van der Waals surface area contributed by atoms with E-state index in [-0.39, 0.29) is 50.3 Å². The molecule has 274 valence electrons. The minimum atomic E-state index is -1.27. The fraction of sp³-hybridized carbons (Fsp3) is 0.576. The van der Waals surface area contributed by atoms with E-state index in [0.29, 0.717) is 24.9 Å². The number of amides is 5. The molecule has 0 saturated carbocycles. The first-order valence-electron chi connectivity index (χ1n) is 16.4. The van der Waals surface area contributed by atoms with Crippen LogP contribution >= 0.6 is 0 Å². The van der Waals surface area contributed by atoms with E-state index in [0.717, 1.165) is 0 Å². The number of nitrogens with two attached hydrogens (primary N) is 3. The number of rotatable bonds is 23. The highest BCUT2D eigenvalue weighted by molar-refractivity contribution is 5.96. The number of nitrogens with one attached hydrogen (secondary N) is 5. The molecule has 16 nitrogen and oxygen atoms in total. The summed E-state index contributed by atoms with van der Waals surface area (Å²) in [6.45, 7) is 9.11. The molecule has 13 N–H and O–H groups in total. The van der Waals surface area contributed by atoms with Crippen LogP contribution in [-0.4, -0.2) is 95.1 Å². The molecule has 5 amide bonds. The number of benzene rings is 1. The van der Waals surface area contributed by atoms with Crippen LogP contribution in [0.25, 0.3) is 0 Å². The lowest BCUT2D eigenvalue weighted by Crippen LogP contribution is -2.59. The Morgan fingerprint density at radius 3 is 1.71 bits per heavy atom. The zero-order valence-corrected chi connectivity index (χ0v) is 28.6. The zero-order valence-electron chi connectivity index (χ0n) is 28.6. The number of carbonyl (C=O) groups is 6. The Hall–Kier alpha value is -4.54. The summed E-state index contributed by atoms with van der Waals surface area (Å²) in [5.41, 5.74) is 17.5. The molecule has 0 bridgehead atoms. The van der Waals surface area contributed by atoms with E-state index in [1.165, 1.54) is 25.1 Å². The second kappa shape index (κ2) is 22.2. The zero-order chi connectivity index (χ0) is 37.1. The fourth-order valence-electron chi connectivity index (χ4n) is 4.76. The van der Waals surface area contributed by atoms with Crippen LogP contribution in [0, 0.1) is 5.92 Å². The summed E-state index contributed by atoms with van der Waals surface area (Å²) in [7, 11) is 0. The van der Waals surface area contributed by atoms with Crippen molar-refractivity contribution in [1.82, 2.24) is 26.6 Å². The van der Waals surface area contributed by atoms with Gasteiger partial charge in [0.05, 0.1) is 6.04 Å².